The molecule has 1 aromatic rings. The molecule has 2 rings (SSSR count). The zero-order valence-electron chi connectivity index (χ0n) is 26.6. The zero-order valence-corrected chi connectivity index (χ0v) is 26.6. The first-order chi connectivity index (χ1) is 21.2. The Morgan fingerprint density at radius 3 is 2.09 bits per heavy atom. The minimum atomic E-state index is 0.0658. The Balaban J connectivity index is 1.41. The van der Waals surface area contributed by atoms with Gasteiger partial charge in [-0.3, -0.25) is 14.6 Å². The lowest BCUT2D eigenvalue weighted by Crippen LogP contribution is -2.24. The minimum Gasteiger partial charge on any atom is -0.356 e. The number of carbonyl (C=O) groups excluding carboxylic acids is 2. The number of pyridine rings is 1. The Hall–Kier alpha value is -3.31. The SMILES string of the molecule is CC/C=C\C/C=C\C/C=C\C/C=C\C/C=C\CCCC(=O)NCCCC(=O)C/C=C/c1ccc(CCN2CCCC2)nc1. The molecule has 0 bridgehead atoms. The first kappa shape index (κ1) is 35.9. The summed E-state index contributed by atoms with van der Waals surface area (Å²) < 4.78 is 0. The number of allylic oxidation sites excluding steroid dienone is 11. The van der Waals surface area contributed by atoms with Gasteiger partial charge in [-0.05, 0) is 88.9 Å². The van der Waals surface area contributed by atoms with Crippen molar-refractivity contribution in [3.05, 3.63) is 96.4 Å². The van der Waals surface area contributed by atoms with Gasteiger partial charge >= 0.3 is 0 Å². The second-order valence-corrected chi connectivity index (χ2v) is 11.1. The van der Waals surface area contributed by atoms with Crippen molar-refractivity contribution in [3.8, 4) is 0 Å². The molecule has 0 saturated carbocycles. The van der Waals surface area contributed by atoms with E-state index in [1.807, 2.05) is 18.3 Å². The second kappa shape index (κ2) is 25.2. The van der Waals surface area contributed by atoms with Gasteiger partial charge in [0.15, 0.2) is 0 Å². The highest BCUT2D eigenvalue weighted by atomic mass is 16.1. The predicted molar refractivity (Wildman–Crippen MR) is 183 cm³/mol. The fourth-order valence-electron chi connectivity index (χ4n) is 4.74. The van der Waals surface area contributed by atoms with E-state index in [4.69, 9.17) is 0 Å². The van der Waals surface area contributed by atoms with E-state index in [9.17, 15) is 9.59 Å². The van der Waals surface area contributed by atoms with Crippen molar-refractivity contribution in [2.75, 3.05) is 26.2 Å². The van der Waals surface area contributed by atoms with Crippen molar-refractivity contribution >= 4 is 17.8 Å². The minimum absolute atomic E-state index is 0.0658. The van der Waals surface area contributed by atoms with Crippen molar-refractivity contribution in [2.24, 2.45) is 0 Å². The quantitative estimate of drug-likeness (QED) is 0.103. The largest absolute Gasteiger partial charge is 0.356 e. The number of unbranched alkanes of at least 4 members (excludes halogenated alkanes) is 1. The zero-order chi connectivity index (χ0) is 30.6. The number of Topliss-reactive ketones (excluding diaryl/α,β-unsaturated/α-hetero) is 1. The molecule has 1 saturated heterocycles. The Kier molecular flexibility index (Phi) is 21.0. The molecule has 0 spiro atoms. The number of hydrogen-bond acceptors (Lipinski definition) is 4. The van der Waals surface area contributed by atoms with E-state index in [2.05, 4.69) is 95.0 Å². The maximum atomic E-state index is 12.2. The Morgan fingerprint density at radius 1 is 0.814 bits per heavy atom. The fourth-order valence-corrected chi connectivity index (χ4v) is 4.74. The number of nitrogens with one attached hydrogen (secondary N) is 1. The highest BCUT2D eigenvalue weighted by Crippen LogP contribution is 2.10. The van der Waals surface area contributed by atoms with Gasteiger partial charge in [0.05, 0.1) is 0 Å². The summed E-state index contributed by atoms with van der Waals surface area (Å²) in [6.45, 7) is 6.22. The van der Waals surface area contributed by atoms with E-state index < -0.39 is 0 Å². The van der Waals surface area contributed by atoms with Crippen molar-refractivity contribution in [2.45, 2.75) is 96.8 Å². The molecule has 234 valence electrons. The number of rotatable bonds is 23. The molecule has 1 N–H and O–H groups in total. The number of nitrogens with zero attached hydrogens (tertiary/aromatic N) is 2. The van der Waals surface area contributed by atoms with Crippen LogP contribution in [0.3, 0.4) is 0 Å². The van der Waals surface area contributed by atoms with E-state index in [1.54, 1.807) is 0 Å². The topological polar surface area (TPSA) is 62.3 Å². The number of likely N-dealkylation sites (tertiary alicyclic amines) is 1. The van der Waals surface area contributed by atoms with Crippen LogP contribution >= 0.6 is 0 Å². The number of amides is 1. The van der Waals surface area contributed by atoms with Crippen LogP contribution in [-0.4, -0.2) is 47.8 Å². The van der Waals surface area contributed by atoms with E-state index >= 15 is 0 Å². The maximum absolute atomic E-state index is 12.2. The van der Waals surface area contributed by atoms with E-state index in [-0.39, 0.29) is 11.7 Å². The third kappa shape index (κ3) is 20.3. The van der Waals surface area contributed by atoms with E-state index in [0.717, 1.165) is 69.2 Å². The molecule has 1 aliphatic heterocycles. The van der Waals surface area contributed by atoms with Crippen LogP contribution in [0, 0.1) is 0 Å². The third-order valence-corrected chi connectivity index (χ3v) is 7.27. The molecule has 2 heterocycles. The molecule has 1 fully saturated rings. The van der Waals surface area contributed by atoms with Gasteiger partial charge in [-0.25, -0.2) is 0 Å². The molecule has 1 amide bonds. The molecule has 0 aliphatic carbocycles. The molecular formula is C38H55N3O2. The molecule has 5 nitrogen and oxygen atoms in total. The second-order valence-electron chi connectivity index (χ2n) is 11.1. The van der Waals surface area contributed by atoms with Crippen LogP contribution < -0.4 is 5.32 Å². The first-order valence-electron chi connectivity index (χ1n) is 16.5. The number of ketones is 1. The smallest absolute Gasteiger partial charge is 0.220 e. The molecule has 0 aromatic carbocycles. The van der Waals surface area contributed by atoms with Gasteiger partial charge in [0.25, 0.3) is 0 Å². The van der Waals surface area contributed by atoms with E-state index in [0.29, 0.717) is 32.2 Å². The summed E-state index contributed by atoms with van der Waals surface area (Å²) in [5, 5.41) is 2.94. The predicted octanol–water partition coefficient (Wildman–Crippen LogP) is 8.51. The number of hydrogen-bond donors (Lipinski definition) is 1. The lowest BCUT2D eigenvalue weighted by Gasteiger charge is -2.13. The van der Waals surface area contributed by atoms with Gasteiger partial charge in [-0.15, -0.1) is 0 Å². The fraction of sp³-hybridized carbons (Fsp3) is 0.500. The van der Waals surface area contributed by atoms with Gasteiger partial charge in [-0.1, -0.05) is 85.9 Å². The summed E-state index contributed by atoms with van der Waals surface area (Å²) >= 11 is 0. The highest BCUT2D eigenvalue weighted by molar-refractivity contribution is 5.81. The van der Waals surface area contributed by atoms with Crippen LogP contribution in [0.15, 0.2) is 85.2 Å². The monoisotopic (exact) mass is 585 g/mol. The summed E-state index contributed by atoms with van der Waals surface area (Å²) in [7, 11) is 0. The van der Waals surface area contributed by atoms with Crippen LogP contribution in [-0.2, 0) is 16.0 Å². The van der Waals surface area contributed by atoms with Crippen LogP contribution in [0.5, 0.6) is 0 Å². The van der Waals surface area contributed by atoms with Gasteiger partial charge < -0.3 is 10.2 Å². The summed E-state index contributed by atoms with van der Waals surface area (Å²) in [4.78, 5) is 31.3. The lowest BCUT2D eigenvalue weighted by atomic mass is 10.1. The molecule has 0 unspecified atom stereocenters. The number of carbonyl (C=O) groups is 2. The van der Waals surface area contributed by atoms with Crippen LogP contribution in [0.4, 0.5) is 0 Å². The van der Waals surface area contributed by atoms with Crippen LogP contribution in [0.1, 0.15) is 102 Å². The van der Waals surface area contributed by atoms with Crippen molar-refractivity contribution in [1.29, 1.82) is 0 Å². The summed E-state index contributed by atoms with van der Waals surface area (Å²) in [5.74, 6) is 0.259. The summed E-state index contributed by atoms with van der Waals surface area (Å²) in [6, 6.07) is 4.16. The summed E-state index contributed by atoms with van der Waals surface area (Å²) in [5.41, 5.74) is 2.14. The average Bonchev–Trinajstić information content (AvgIpc) is 3.54. The molecule has 0 atom stereocenters. The lowest BCUT2D eigenvalue weighted by molar-refractivity contribution is -0.122. The molecule has 43 heavy (non-hydrogen) atoms. The molecule has 1 aliphatic rings. The number of aromatic nitrogens is 1. The summed E-state index contributed by atoms with van der Waals surface area (Å²) in [6.07, 6.45) is 40.1. The third-order valence-electron chi connectivity index (χ3n) is 7.27. The first-order valence-corrected chi connectivity index (χ1v) is 16.5. The van der Waals surface area contributed by atoms with E-state index in [1.165, 1.54) is 25.9 Å². The van der Waals surface area contributed by atoms with Crippen molar-refractivity contribution in [3.63, 3.8) is 0 Å². The van der Waals surface area contributed by atoms with Gasteiger partial charge in [0, 0.05) is 50.7 Å². The average molecular weight is 586 g/mol. The molecule has 5 heteroatoms. The van der Waals surface area contributed by atoms with Gasteiger partial charge in [0.1, 0.15) is 5.78 Å². The highest BCUT2D eigenvalue weighted by Gasteiger charge is 2.11. The Bertz CT molecular complexity index is 1060. The standard InChI is InChI=1S/C38H55N3O2/c1-2-3-4-5-6-7-8-9-10-11-12-13-14-15-16-17-18-26-38(43)39-30-22-25-37(42)24-21-23-35-27-28-36(40-34-35)29-33-41-31-19-20-32-41/h3-4,6-7,9-10,12-13,15-16,21,23,27-28,34H,2,5,8,11,14,17-20,22,24-26,29-33H2,1H3,(H,39,43)/b4-3-,7-6-,10-9-,13-12-,16-15-,23-21+. The normalized spacial score (nSPS) is 14.6. The Morgan fingerprint density at radius 2 is 1.47 bits per heavy atom. The molecule has 1 aromatic heterocycles. The van der Waals surface area contributed by atoms with Crippen LogP contribution in [0.25, 0.3) is 6.08 Å². The van der Waals surface area contributed by atoms with Gasteiger partial charge in [0.2, 0.25) is 5.91 Å². The van der Waals surface area contributed by atoms with Crippen molar-refractivity contribution in [1.82, 2.24) is 15.2 Å². The Labute approximate surface area is 261 Å². The molecule has 0 radical (unpaired) electrons. The van der Waals surface area contributed by atoms with Crippen molar-refractivity contribution < 1.29 is 9.59 Å². The van der Waals surface area contributed by atoms with Crippen LogP contribution in [0.2, 0.25) is 0 Å². The van der Waals surface area contributed by atoms with Gasteiger partial charge in [-0.2, -0.15) is 0 Å². The molecular weight excluding hydrogens is 530 g/mol. The maximum Gasteiger partial charge on any atom is 0.220 e.